The van der Waals surface area contributed by atoms with Gasteiger partial charge in [-0.3, -0.25) is 14.5 Å². The lowest BCUT2D eigenvalue weighted by atomic mass is 9.95. The Labute approximate surface area is 260 Å². The molecule has 0 spiro atoms. The SMILES string of the molecule is O=C(NC1CCCCC1)[C@@H](c1cccs1)N(C(=O)Cn1nnc2ccccc21)c1ccc(S(=O)(=O)NC[C@@H]2CCCO2)cc1. The third kappa shape index (κ3) is 6.85. The Hall–Kier alpha value is -3.65. The summed E-state index contributed by atoms with van der Waals surface area (Å²) in [5.41, 5.74) is 1.75. The fourth-order valence-electron chi connectivity index (χ4n) is 5.90. The molecular weight excluding hydrogens is 601 g/mol. The molecule has 0 unspecified atom stereocenters. The maximum absolute atomic E-state index is 14.2. The van der Waals surface area contributed by atoms with Gasteiger partial charge >= 0.3 is 0 Å². The molecular formula is C31H36N6O5S2. The molecule has 2 aromatic carbocycles. The Morgan fingerprint density at radius 2 is 1.80 bits per heavy atom. The van der Waals surface area contributed by atoms with Crippen LogP contribution in [0.3, 0.4) is 0 Å². The number of rotatable bonds is 11. The molecule has 1 aliphatic carbocycles. The molecule has 2 aromatic heterocycles. The van der Waals surface area contributed by atoms with Crippen molar-refractivity contribution in [2.75, 3.05) is 18.1 Å². The molecule has 232 valence electrons. The Bertz CT molecular complexity index is 1680. The summed E-state index contributed by atoms with van der Waals surface area (Å²) in [5, 5.41) is 13.4. The quantitative estimate of drug-likeness (QED) is 0.252. The van der Waals surface area contributed by atoms with Crippen molar-refractivity contribution < 1.29 is 22.7 Å². The van der Waals surface area contributed by atoms with Crippen molar-refractivity contribution in [1.29, 1.82) is 0 Å². The topological polar surface area (TPSA) is 136 Å². The van der Waals surface area contributed by atoms with Crippen LogP contribution < -0.4 is 14.9 Å². The van der Waals surface area contributed by atoms with E-state index in [0.717, 1.165) is 44.9 Å². The lowest BCUT2D eigenvalue weighted by Gasteiger charge is -2.33. The molecule has 0 bridgehead atoms. The number of nitrogens with zero attached hydrogens (tertiary/aromatic N) is 4. The van der Waals surface area contributed by atoms with Crippen LogP contribution in [-0.4, -0.2) is 60.5 Å². The van der Waals surface area contributed by atoms with Gasteiger partial charge < -0.3 is 10.1 Å². The van der Waals surface area contributed by atoms with Crippen molar-refractivity contribution in [1.82, 2.24) is 25.0 Å². The van der Waals surface area contributed by atoms with Gasteiger partial charge in [0.2, 0.25) is 21.8 Å². The van der Waals surface area contributed by atoms with E-state index in [1.54, 1.807) is 12.1 Å². The maximum Gasteiger partial charge on any atom is 0.249 e. The second kappa shape index (κ2) is 13.6. The predicted octanol–water partition coefficient (Wildman–Crippen LogP) is 4.17. The second-order valence-electron chi connectivity index (χ2n) is 11.2. The van der Waals surface area contributed by atoms with Crippen molar-refractivity contribution in [2.45, 2.75) is 74.6 Å². The zero-order chi connectivity index (χ0) is 30.5. The summed E-state index contributed by atoms with van der Waals surface area (Å²) in [6, 6.07) is 16.2. The molecule has 4 aromatic rings. The highest BCUT2D eigenvalue weighted by Gasteiger charge is 2.35. The molecule has 1 saturated heterocycles. The van der Waals surface area contributed by atoms with Gasteiger partial charge in [-0.05, 0) is 73.5 Å². The van der Waals surface area contributed by atoms with Crippen LogP contribution in [0.5, 0.6) is 0 Å². The Balaban J connectivity index is 1.33. The van der Waals surface area contributed by atoms with E-state index in [-0.39, 0.29) is 41.9 Å². The van der Waals surface area contributed by atoms with E-state index in [1.807, 2.05) is 41.8 Å². The number of para-hydroxylation sites is 1. The van der Waals surface area contributed by atoms with Gasteiger partial charge in [0.1, 0.15) is 18.1 Å². The molecule has 2 fully saturated rings. The summed E-state index contributed by atoms with van der Waals surface area (Å²) in [4.78, 5) is 30.5. The van der Waals surface area contributed by atoms with Gasteiger partial charge in [-0.15, -0.1) is 16.4 Å². The molecule has 2 amide bonds. The highest BCUT2D eigenvalue weighted by Crippen LogP contribution is 2.33. The van der Waals surface area contributed by atoms with Crippen molar-refractivity contribution >= 4 is 49.9 Å². The van der Waals surface area contributed by atoms with E-state index in [0.29, 0.717) is 28.2 Å². The van der Waals surface area contributed by atoms with Crippen LogP contribution in [0.4, 0.5) is 5.69 Å². The summed E-state index contributed by atoms with van der Waals surface area (Å²) in [6.07, 6.45) is 6.62. The van der Waals surface area contributed by atoms with Gasteiger partial charge in [0.25, 0.3) is 0 Å². The number of hydrogen-bond donors (Lipinski definition) is 2. The predicted molar refractivity (Wildman–Crippen MR) is 168 cm³/mol. The molecule has 2 atom stereocenters. The Kier molecular flexibility index (Phi) is 9.36. The van der Waals surface area contributed by atoms with Crippen LogP contribution >= 0.6 is 11.3 Å². The van der Waals surface area contributed by atoms with Crippen molar-refractivity contribution in [3.63, 3.8) is 0 Å². The number of benzene rings is 2. The van der Waals surface area contributed by atoms with E-state index in [4.69, 9.17) is 4.74 Å². The lowest BCUT2D eigenvalue weighted by Crippen LogP contribution is -2.48. The number of carbonyl (C=O) groups is 2. The first-order valence-electron chi connectivity index (χ1n) is 15.0. The third-order valence-electron chi connectivity index (χ3n) is 8.19. The number of nitrogens with one attached hydrogen (secondary N) is 2. The van der Waals surface area contributed by atoms with Crippen LogP contribution in [0.25, 0.3) is 11.0 Å². The number of carbonyl (C=O) groups excluding carboxylic acids is 2. The highest BCUT2D eigenvalue weighted by atomic mass is 32.2. The fraction of sp³-hybridized carbons (Fsp3) is 0.419. The van der Waals surface area contributed by atoms with Gasteiger partial charge in [-0.25, -0.2) is 17.8 Å². The van der Waals surface area contributed by atoms with E-state index in [1.165, 1.54) is 33.1 Å². The number of ether oxygens (including phenoxy) is 1. The van der Waals surface area contributed by atoms with E-state index in [2.05, 4.69) is 20.4 Å². The minimum absolute atomic E-state index is 0.0392. The van der Waals surface area contributed by atoms with E-state index >= 15 is 0 Å². The number of thiophene rings is 1. The number of anilines is 1. The fourth-order valence-corrected chi connectivity index (χ4v) is 7.78. The monoisotopic (exact) mass is 636 g/mol. The second-order valence-corrected chi connectivity index (χ2v) is 14.0. The highest BCUT2D eigenvalue weighted by molar-refractivity contribution is 7.89. The van der Waals surface area contributed by atoms with Gasteiger partial charge in [-0.1, -0.05) is 42.7 Å². The summed E-state index contributed by atoms with van der Waals surface area (Å²) in [6.45, 7) is 0.666. The van der Waals surface area contributed by atoms with Crippen molar-refractivity contribution in [3.8, 4) is 0 Å². The number of aromatic nitrogens is 3. The molecule has 11 nitrogen and oxygen atoms in total. The summed E-state index contributed by atoms with van der Waals surface area (Å²) < 4.78 is 35.8. The van der Waals surface area contributed by atoms with Crippen LogP contribution in [0.15, 0.2) is 70.9 Å². The largest absolute Gasteiger partial charge is 0.377 e. The Morgan fingerprint density at radius 3 is 2.52 bits per heavy atom. The smallest absolute Gasteiger partial charge is 0.249 e. The molecule has 2 N–H and O–H groups in total. The van der Waals surface area contributed by atoms with Gasteiger partial charge in [0.15, 0.2) is 0 Å². The number of hydrogen-bond acceptors (Lipinski definition) is 8. The molecule has 44 heavy (non-hydrogen) atoms. The average Bonchev–Trinajstić information content (AvgIpc) is 3.83. The van der Waals surface area contributed by atoms with Crippen LogP contribution in [0, 0.1) is 0 Å². The van der Waals surface area contributed by atoms with Crippen molar-refractivity contribution in [3.05, 3.63) is 70.9 Å². The van der Waals surface area contributed by atoms with Crippen LogP contribution in [0.1, 0.15) is 55.9 Å². The first-order chi connectivity index (χ1) is 21.4. The van der Waals surface area contributed by atoms with E-state index < -0.39 is 16.1 Å². The minimum atomic E-state index is -3.81. The first-order valence-corrected chi connectivity index (χ1v) is 17.4. The standard InChI is InChI=1S/C31H36N6O5S2/c38-29(21-36-27-12-5-4-11-26(27)34-35-36)37(30(28-13-7-19-43-28)31(39)33-22-8-2-1-3-9-22)23-14-16-25(17-15-23)44(40,41)32-20-24-10-6-18-42-24/h4-5,7,11-17,19,22,24,30,32H,1-3,6,8-10,18,20-21H2,(H,33,39)/t24-,30+/m0/s1. The van der Waals surface area contributed by atoms with Gasteiger partial charge in [0.05, 0.1) is 16.5 Å². The van der Waals surface area contributed by atoms with Crippen molar-refractivity contribution in [2.24, 2.45) is 0 Å². The summed E-state index contributed by atoms with van der Waals surface area (Å²) >= 11 is 1.39. The molecule has 1 saturated carbocycles. The molecule has 13 heteroatoms. The lowest BCUT2D eigenvalue weighted by molar-refractivity contribution is -0.127. The molecule has 6 rings (SSSR count). The Morgan fingerprint density at radius 1 is 1.00 bits per heavy atom. The molecule has 1 aliphatic heterocycles. The number of fused-ring (bicyclic) bond motifs is 1. The van der Waals surface area contributed by atoms with Crippen LogP contribution in [-0.2, 0) is 30.9 Å². The van der Waals surface area contributed by atoms with Gasteiger partial charge in [0, 0.05) is 29.8 Å². The van der Waals surface area contributed by atoms with Gasteiger partial charge in [-0.2, -0.15) is 0 Å². The normalized spacial score (nSPS) is 18.3. The molecule has 2 aliphatic rings. The van der Waals surface area contributed by atoms with E-state index in [9.17, 15) is 18.0 Å². The maximum atomic E-state index is 14.2. The molecule has 0 radical (unpaired) electrons. The number of sulfonamides is 1. The minimum Gasteiger partial charge on any atom is -0.377 e. The molecule has 3 heterocycles. The zero-order valence-corrected chi connectivity index (χ0v) is 25.9. The first kappa shape index (κ1) is 30.4. The average molecular weight is 637 g/mol. The zero-order valence-electron chi connectivity index (χ0n) is 24.3. The number of amides is 2. The summed E-state index contributed by atoms with van der Waals surface area (Å²) in [7, 11) is -3.81. The third-order valence-corrected chi connectivity index (χ3v) is 10.6. The summed E-state index contributed by atoms with van der Waals surface area (Å²) in [5.74, 6) is -0.656. The van der Waals surface area contributed by atoms with Crippen LogP contribution in [0.2, 0.25) is 0 Å².